The lowest BCUT2D eigenvalue weighted by molar-refractivity contribution is 0.915. The van der Waals surface area contributed by atoms with E-state index < -0.39 is 0 Å². The number of hydrogen-bond acceptors (Lipinski definition) is 2. The molecule has 1 aromatic rings. The van der Waals surface area contributed by atoms with Gasteiger partial charge in [-0.1, -0.05) is 0 Å². The van der Waals surface area contributed by atoms with E-state index in [9.17, 15) is 0 Å². The molecule has 0 aliphatic carbocycles. The average Bonchev–Trinajstić information content (AvgIpc) is 1.85. The molecule has 0 atom stereocenters. The van der Waals surface area contributed by atoms with E-state index >= 15 is 0 Å². The van der Waals surface area contributed by atoms with E-state index in [2.05, 4.69) is 21.3 Å². The monoisotopic (exact) mass is 92.0 g/mol. The first-order chi connectivity index (χ1) is 3.47. The molecular weight excluding hydrogens is 90.1 g/mol. The molecule has 33 valence electrons. The van der Waals surface area contributed by atoms with E-state index in [4.69, 9.17) is 0 Å². The minimum Gasteiger partial charge on any atom is -0.343 e. The van der Waals surface area contributed by atoms with Crippen molar-refractivity contribution < 1.29 is 0 Å². The smallest absolute Gasteiger partial charge is 0.181 e. The SMILES string of the molecule is [c]1c[nH]c2c1=NN=2. The van der Waals surface area contributed by atoms with Gasteiger partial charge in [-0.05, 0) is 0 Å². The Morgan fingerprint density at radius 1 is 1.57 bits per heavy atom. The van der Waals surface area contributed by atoms with Crippen LogP contribution in [0.1, 0.15) is 0 Å². The molecule has 0 bridgehead atoms. The highest BCUT2D eigenvalue weighted by molar-refractivity contribution is 4.88. The van der Waals surface area contributed by atoms with Gasteiger partial charge in [0, 0.05) is 12.3 Å². The van der Waals surface area contributed by atoms with E-state index in [1.165, 1.54) is 0 Å². The lowest BCUT2D eigenvalue weighted by atomic mass is 10.6. The van der Waals surface area contributed by atoms with Gasteiger partial charge >= 0.3 is 0 Å². The molecule has 1 aliphatic heterocycles. The largest absolute Gasteiger partial charge is 0.343 e. The fourth-order valence-corrected chi connectivity index (χ4v) is 0.517. The van der Waals surface area contributed by atoms with Crippen LogP contribution in [0.2, 0.25) is 0 Å². The molecule has 1 aromatic heterocycles. The molecule has 0 saturated heterocycles. The number of fused-ring (bicyclic) bond motifs is 1. The molecule has 1 N–H and O–H groups in total. The van der Waals surface area contributed by atoms with Crippen LogP contribution in [0.3, 0.4) is 0 Å². The molecule has 1 aliphatic rings. The van der Waals surface area contributed by atoms with E-state index in [0.29, 0.717) is 0 Å². The maximum Gasteiger partial charge on any atom is 0.181 e. The van der Waals surface area contributed by atoms with Gasteiger partial charge in [0.25, 0.3) is 0 Å². The van der Waals surface area contributed by atoms with Crippen LogP contribution < -0.4 is 10.8 Å². The number of aromatic amines is 1. The molecular formula is C4H2N3. The van der Waals surface area contributed by atoms with Crippen molar-refractivity contribution in [2.24, 2.45) is 10.2 Å². The summed E-state index contributed by atoms with van der Waals surface area (Å²) in [4.78, 5) is 2.84. The minimum atomic E-state index is 0.847. The van der Waals surface area contributed by atoms with Crippen molar-refractivity contribution in [2.45, 2.75) is 0 Å². The van der Waals surface area contributed by atoms with Crippen LogP contribution in [0.4, 0.5) is 0 Å². The first-order valence-corrected chi connectivity index (χ1v) is 1.97. The van der Waals surface area contributed by atoms with Gasteiger partial charge in [0.15, 0.2) is 5.49 Å². The number of rotatable bonds is 0. The van der Waals surface area contributed by atoms with Gasteiger partial charge < -0.3 is 4.98 Å². The van der Waals surface area contributed by atoms with Crippen molar-refractivity contribution in [3.63, 3.8) is 0 Å². The van der Waals surface area contributed by atoms with Gasteiger partial charge in [-0.15, -0.1) is 10.2 Å². The number of aromatic nitrogens is 1. The standard InChI is InChI=1S/C4H2N3/c1-2-5-4-3(1)6-7-4/h2H,(H,5,7). The normalized spacial score (nSPS) is 13.1. The van der Waals surface area contributed by atoms with Crippen LogP contribution in [-0.2, 0) is 0 Å². The van der Waals surface area contributed by atoms with Crippen molar-refractivity contribution in [1.29, 1.82) is 0 Å². The molecule has 1 radical (unpaired) electrons. The zero-order valence-corrected chi connectivity index (χ0v) is 3.47. The van der Waals surface area contributed by atoms with Crippen molar-refractivity contribution in [3.05, 3.63) is 23.1 Å². The van der Waals surface area contributed by atoms with E-state index in [1.54, 1.807) is 6.20 Å². The zero-order valence-electron chi connectivity index (χ0n) is 3.47. The third-order valence-electron chi connectivity index (χ3n) is 0.892. The Morgan fingerprint density at radius 2 is 2.57 bits per heavy atom. The van der Waals surface area contributed by atoms with E-state index in [-0.39, 0.29) is 0 Å². The van der Waals surface area contributed by atoms with Gasteiger partial charge in [0.1, 0.15) is 5.36 Å². The number of hydrogen-bond donors (Lipinski definition) is 1. The molecule has 7 heavy (non-hydrogen) atoms. The Hall–Kier alpha value is -1.12. The molecule has 2 heterocycles. The van der Waals surface area contributed by atoms with Gasteiger partial charge in [-0.25, -0.2) is 0 Å². The summed E-state index contributed by atoms with van der Waals surface area (Å²) in [5, 5.41) is 8.11. The van der Waals surface area contributed by atoms with Crippen molar-refractivity contribution in [2.75, 3.05) is 0 Å². The Kier molecular flexibility index (Phi) is 0.318. The lowest BCUT2D eigenvalue weighted by Crippen LogP contribution is -2.29. The third-order valence-corrected chi connectivity index (χ3v) is 0.892. The van der Waals surface area contributed by atoms with E-state index in [0.717, 1.165) is 10.8 Å². The Labute approximate surface area is 39.4 Å². The summed E-state index contributed by atoms with van der Waals surface area (Å²) >= 11 is 0. The Balaban J connectivity index is 3.22. The summed E-state index contributed by atoms with van der Waals surface area (Å²) in [5.74, 6) is 0. The number of H-pyrrole nitrogens is 1. The second-order valence-corrected chi connectivity index (χ2v) is 1.33. The molecule has 3 nitrogen and oxygen atoms in total. The summed E-state index contributed by atoms with van der Waals surface area (Å²) < 4.78 is 0. The Morgan fingerprint density at radius 3 is 2.86 bits per heavy atom. The predicted octanol–water partition coefficient (Wildman–Crippen LogP) is -1.02. The van der Waals surface area contributed by atoms with Gasteiger partial charge in [-0.3, -0.25) is 0 Å². The maximum atomic E-state index is 3.63. The summed E-state index contributed by atoms with van der Waals surface area (Å²) in [7, 11) is 0. The van der Waals surface area contributed by atoms with Crippen molar-refractivity contribution in [1.82, 2.24) is 4.98 Å². The fourth-order valence-electron chi connectivity index (χ4n) is 0.517. The maximum absolute atomic E-state index is 3.63. The molecule has 0 spiro atoms. The summed E-state index contributed by atoms with van der Waals surface area (Å²) in [6, 6.07) is 2.84. The number of nitrogens with one attached hydrogen (secondary N) is 1. The zero-order chi connectivity index (χ0) is 4.69. The third kappa shape index (κ3) is 0.210. The lowest BCUT2D eigenvalue weighted by Gasteiger charge is -1.81. The molecule has 2 rings (SSSR count). The van der Waals surface area contributed by atoms with Crippen LogP contribution >= 0.6 is 0 Å². The minimum absolute atomic E-state index is 0.847. The topological polar surface area (TPSA) is 40.5 Å². The first kappa shape index (κ1) is 2.96. The molecule has 0 aromatic carbocycles. The fraction of sp³-hybridized carbons (Fsp3) is 0. The molecule has 0 saturated carbocycles. The molecule has 0 amide bonds. The molecule has 3 heteroatoms. The second-order valence-electron chi connectivity index (χ2n) is 1.33. The van der Waals surface area contributed by atoms with Crippen LogP contribution in [0.25, 0.3) is 0 Å². The average molecular weight is 92.1 g/mol. The van der Waals surface area contributed by atoms with E-state index in [1.807, 2.05) is 0 Å². The van der Waals surface area contributed by atoms with Gasteiger partial charge in [0.2, 0.25) is 0 Å². The van der Waals surface area contributed by atoms with Crippen LogP contribution in [0.15, 0.2) is 16.4 Å². The van der Waals surface area contributed by atoms with Crippen LogP contribution in [-0.4, -0.2) is 4.98 Å². The molecule has 0 unspecified atom stereocenters. The van der Waals surface area contributed by atoms with Crippen molar-refractivity contribution in [3.8, 4) is 0 Å². The van der Waals surface area contributed by atoms with Gasteiger partial charge in [-0.2, -0.15) is 0 Å². The highest BCUT2D eigenvalue weighted by Crippen LogP contribution is 1.70. The predicted molar refractivity (Wildman–Crippen MR) is 21.9 cm³/mol. The van der Waals surface area contributed by atoms with Gasteiger partial charge in [0.05, 0.1) is 0 Å². The van der Waals surface area contributed by atoms with Crippen LogP contribution in [0, 0.1) is 6.07 Å². The number of nitrogens with zero attached hydrogens (tertiary/aromatic N) is 2. The quantitative estimate of drug-likeness (QED) is 0.425. The Bertz CT molecular complexity index is 254. The summed E-state index contributed by atoms with van der Waals surface area (Å²) in [5.41, 5.74) is 0.847. The van der Waals surface area contributed by atoms with Crippen molar-refractivity contribution >= 4 is 0 Å². The second kappa shape index (κ2) is 0.753. The highest BCUT2D eigenvalue weighted by Gasteiger charge is 1.93. The summed E-state index contributed by atoms with van der Waals surface area (Å²) in [6.45, 7) is 0. The first-order valence-electron chi connectivity index (χ1n) is 1.97. The summed E-state index contributed by atoms with van der Waals surface area (Å²) in [6.07, 6.45) is 1.70. The highest BCUT2D eigenvalue weighted by atomic mass is 15.3. The molecule has 0 fully saturated rings. The van der Waals surface area contributed by atoms with Crippen LogP contribution in [0.5, 0.6) is 0 Å².